The van der Waals surface area contributed by atoms with Crippen LogP contribution in [0.1, 0.15) is 27.2 Å². The van der Waals surface area contributed by atoms with Crippen molar-refractivity contribution < 1.29 is 27.8 Å². The lowest BCUT2D eigenvalue weighted by atomic mass is 10.2. The molecule has 0 bridgehead atoms. The van der Waals surface area contributed by atoms with Crippen LogP contribution in [0.3, 0.4) is 0 Å². The number of carbonyl (C=O) groups is 2. The molecule has 1 amide bonds. The molecule has 1 aliphatic heterocycles. The van der Waals surface area contributed by atoms with Gasteiger partial charge in [-0.25, -0.2) is 13.6 Å². The van der Waals surface area contributed by atoms with Gasteiger partial charge in [0.1, 0.15) is 23.7 Å². The van der Waals surface area contributed by atoms with Crippen molar-refractivity contribution in [1.82, 2.24) is 4.90 Å². The van der Waals surface area contributed by atoms with Gasteiger partial charge in [-0.05, 0) is 32.9 Å². The Hall–Kier alpha value is -2.18. The van der Waals surface area contributed by atoms with Crippen LogP contribution in [-0.2, 0) is 9.53 Å². The molecule has 2 atom stereocenters. The topological polar surface area (TPSA) is 55.8 Å². The molecule has 5 nitrogen and oxygen atoms in total. The van der Waals surface area contributed by atoms with Crippen molar-refractivity contribution in [1.29, 1.82) is 0 Å². The molecule has 0 unspecified atom stereocenters. The highest BCUT2D eigenvalue weighted by atomic mass is 19.2. The summed E-state index contributed by atoms with van der Waals surface area (Å²) in [6.07, 6.45) is -0.186. The van der Waals surface area contributed by atoms with E-state index in [2.05, 4.69) is 0 Å². The fraction of sp³-hybridized carbons (Fsp3) is 0.500. The van der Waals surface area contributed by atoms with Gasteiger partial charge < -0.3 is 14.3 Å². The average molecular weight is 327 g/mol. The van der Waals surface area contributed by atoms with E-state index < -0.39 is 35.5 Å². The second kappa shape index (κ2) is 6.52. The Morgan fingerprint density at radius 1 is 1.30 bits per heavy atom. The minimum absolute atomic E-state index is 0.136. The zero-order valence-corrected chi connectivity index (χ0v) is 13.2. The predicted molar refractivity (Wildman–Crippen MR) is 78.2 cm³/mol. The first-order chi connectivity index (χ1) is 10.7. The van der Waals surface area contributed by atoms with Gasteiger partial charge in [-0.1, -0.05) is 0 Å². The van der Waals surface area contributed by atoms with E-state index in [0.717, 1.165) is 12.1 Å². The first-order valence-corrected chi connectivity index (χ1v) is 7.26. The Morgan fingerprint density at radius 2 is 2.00 bits per heavy atom. The number of rotatable bonds is 3. The number of likely N-dealkylation sites (tertiary alicyclic amines) is 1. The molecule has 1 aromatic carbocycles. The molecule has 0 N–H and O–H groups in total. The maximum Gasteiger partial charge on any atom is 0.411 e. The number of nitrogens with zero attached hydrogens (tertiary/aromatic N) is 1. The molecule has 1 heterocycles. The van der Waals surface area contributed by atoms with Gasteiger partial charge in [0.25, 0.3) is 0 Å². The molecule has 1 fully saturated rings. The van der Waals surface area contributed by atoms with Gasteiger partial charge in [0.05, 0.1) is 12.6 Å². The molecule has 1 saturated heterocycles. The van der Waals surface area contributed by atoms with Crippen molar-refractivity contribution in [2.24, 2.45) is 0 Å². The molecule has 0 radical (unpaired) electrons. The van der Waals surface area contributed by atoms with Crippen molar-refractivity contribution in [2.75, 3.05) is 6.54 Å². The number of aldehydes is 1. The lowest BCUT2D eigenvalue weighted by molar-refractivity contribution is -0.111. The van der Waals surface area contributed by atoms with Crippen LogP contribution in [-0.4, -0.2) is 41.6 Å². The van der Waals surface area contributed by atoms with Gasteiger partial charge >= 0.3 is 6.09 Å². The van der Waals surface area contributed by atoms with E-state index in [9.17, 15) is 18.4 Å². The van der Waals surface area contributed by atoms with Crippen molar-refractivity contribution in [2.45, 2.75) is 44.9 Å². The number of halogens is 2. The molecular formula is C16H19F2NO4. The lowest BCUT2D eigenvalue weighted by Gasteiger charge is -2.26. The first-order valence-electron chi connectivity index (χ1n) is 7.26. The van der Waals surface area contributed by atoms with Crippen molar-refractivity contribution >= 4 is 12.4 Å². The van der Waals surface area contributed by atoms with E-state index in [1.54, 1.807) is 20.8 Å². The SMILES string of the molecule is CC(C)(C)OC(=O)N1C[C@@H](Oc2ccc(F)c(F)c2)C[C@H]1C=O. The second-order valence-corrected chi connectivity index (χ2v) is 6.39. The molecule has 0 saturated carbocycles. The summed E-state index contributed by atoms with van der Waals surface area (Å²) in [5, 5.41) is 0. The Kier molecular flexibility index (Phi) is 4.87. The monoisotopic (exact) mass is 327 g/mol. The Balaban J connectivity index is 2.04. The van der Waals surface area contributed by atoms with Crippen LogP contribution in [0.2, 0.25) is 0 Å². The van der Waals surface area contributed by atoms with Crippen LogP contribution in [0.15, 0.2) is 18.2 Å². The molecule has 1 aliphatic rings. The van der Waals surface area contributed by atoms with Crippen LogP contribution in [0.4, 0.5) is 13.6 Å². The van der Waals surface area contributed by atoms with Crippen molar-refractivity contribution in [3.8, 4) is 5.75 Å². The third kappa shape index (κ3) is 4.40. The van der Waals surface area contributed by atoms with Crippen LogP contribution < -0.4 is 4.74 Å². The minimum Gasteiger partial charge on any atom is -0.488 e. The van der Waals surface area contributed by atoms with Gasteiger partial charge in [-0.15, -0.1) is 0 Å². The normalized spacial score (nSPS) is 21.2. The number of hydrogen-bond acceptors (Lipinski definition) is 4. The first kappa shape index (κ1) is 17.2. The summed E-state index contributed by atoms with van der Waals surface area (Å²) in [5.41, 5.74) is -0.677. The summed E-state index contributed by atoms with van der Waals surface area (Å²) in [6.45, 7) is 5.32. The molecule has 7 heteroatoms. The Labute approximate surface area is 133 Å². The van der Waals surface area contributed by atoms with Gasteiger partial charge in [-0.2, -0.15) is 0 Å². The lowest BCUT2D eigenvalue weighted by Crippen LogP contribution is -2.41. The van der Waals surface area contributed by atoms with Crippen LogP contribution in [0.25, 0.3) is 0 Å². The second-order valence-electron chi connectivity index (χ2n) is 6.39. The van der Waals surface area contributed by atoms with Crippen molar-refractivity contribution in [3.05, 3.63) is 29.8 Å². The van der Waals surface area contributed by atoms with Gasteiger partial charge in [-0.3, -0.25) is 4.90 Å². The standard InChI is InChI=1S/C16H19F2NO4/c1-16(2,3)23-15(21)19-8-12(6-10(19)9-20)22-11-4-5-13(17)14(18)7-11/h4-5,7,9-10,12H,6,8H2,1-3H3/t10-,12-/m0/s1. The summed E-state index contributed by atoms with van der Waals surface area (Å²) >= 11 is 0. The van der Waals surface area contributed by atoms with Gasteiger partial charge in [0.2, 0.25) is 0 Å². The van der Waals surface area contributed by atoms with E-state index in [-0.39, 0.29) is 18.7 Å². The number of amides is 1. The maximum atomic E-state index is 13.2. The van der Waals surface area contributed by atoms with E-state index in [1.807, 2.05) is 0 Å². The highest BCUT2D eigenvalue weighted by Gasteiger charge is 2.38. The maximum absolute atomic E-state index is 13.2. The third-order valence-corrected chi connectivity index (χ3v) is 3.28. The largest absolute Gasteiger partial charge is 0.488 e. The van der Waals surface area contributed by atoms with Crippen LogP contribution in [0.5, 0.6) is 5.75 Å². The molecular weight excluding hydrogens is 308 g/mol. The van der Waals surface area contributed by atoms with Crippen LogP contribution in [0, 0.1) is 11.6 Å². The fourth-order valence-corrected chi connectivity index (χ4v) is 2.31. The van der Waals surface area contributed by atoms with Gasteiger partial charge in [0.15, 0.2) is 11.6 Å². The molecule has 0 aromatic heterocycles. The minimum atomic E-state index is -1.02. The molecule has 0 aliphatic carbocycles. The number of carbonyl (C=O) groups excluding carboxylic acids is 2. The molecule has 1 aromatic rings. The van der Waals surface area contributed by atoms with E-state index in [4.69, 9.17) is 9.47 Å². The molecule has 126 valence electrons. The summed E-state index contributed by atoms with van der Waals surface area (Å²) in [4.78, 5) is 24.6. The Bertz CT molecular complexity index is 600. The average Bonchev–Trinajstić information content (AvgIpc) is 2.84. The van der Waals surface area contributed by atoms with E-state index in [0.29, 0.717) is 6.29 Å². The molecule has 23 heavy (non-hydrogen) atoms. The number of ether oxygens (including phenoxy) is 2. The van der Waals surface area contributed by atoms with Crippen LogP contribution >= 0.6 is 0 Å². The Morgan fingerprint density at radius 3 is 2.57 bits per heavy atom. The summed E-state index contributed by atoms with van der Waals surface area (Å²) < 4.78 is 36.9. The predicted octanol–water partition coefficient (Wildman–Crippen LogP) is 2.92. The smallest absolute Gasteiger partial charge is 0.411 e. The summed E-state index contributed by atoms with van der Waals surface area (Å²) in [5.74, 6) is -1.84. The molecule has 0 spiro atoms. The highest BCUT2D eigenvalue weighted by molar-refractivity contribution is 5.74. The van der Waals surface area contributed by atoms with Crippen molar-refractivity contribution in [3.63, 3.8) is 0 Å². The summed E-state index contributed by atoms with van der Waals surface area (Å²) in [7, 11) is 0. The quantitative estimate of drug-likeness (QED) is 0.801. The summed E-state index contributed by atoms with van der Waals surface area (Å²) in [6, 6.07) is 2.52. The zero-order chi connectivity index (χ0) is 17.2. The number of hydrogen-bond donors (Lipinski definition) is 0. The number of benzene rings is 1. The zero-order valence-electron chi connectivity index (χ0n) is 13.2. The fourth-order valence-electron chi connectivity index (χ4n) is 2.31. The van der Waals surface area contributed by atoms with E-state index in [1.165, 1.54) is 11.0 Å². The highest BCUT2D eigenvalue weighted by Crippen LogP contribution is 2.25. The molecule has 2 rings (SSSR count). The van der Waals surface area contributed by atoms with E-state index >= 15 is 0 Å². The van der Waals surface area contributed by atoms with Gasteiger partial charge in [0, 0.05) is 12.5 Å². The third-order valence-electron chi connectivity index (χ3n) is 3.28.